The minimum Gasteiger partial charge on any atom is -0.309 e. The number of nitrogens with zero attached hydrogens (tertiary/aromatic N) is 1. The molecular formula is C23H15N. The van der Waals surface area contributed by atoms with E-state index in [-0.39, 0.29) is 0 Å². The molecule has 0 fully saturated rings. The van der Waals surface area contributed by atoms with Gasteiger partial charge in [-0.15, -0.1) is 12.8 Å². The molecule has 0 bridgehead atoms. The zero-order valence-electron chi connectivity index (χ0n) is 13.4. The Labute approximate surface area is 141 Å². The van der Waals surface area contributed by atoms with Crippen LogP contribution in [0.4, 0.5) is 0 Å². The van der Waals surface area contributed by atoms with Crippen LogP contribution in [0.1, 0.15) is 16.7 Å². The lowest BCUT2D eigenvalue weighted by atomic mass is 10.1. The Balaban J connectivity index is 2.17. The lowest BCUT2D eigenvalue weighted by Gasteiger charge is -2.08. The first-order chi connectivity index (χ1) is 11.7. The van der Waals surface area contributed by atoms with Gasteiger partial charge in [0.25, 0.3) is 0 Å². The van der Waals surface area contributed by atoms with Crippen LogP contribution in [0.25, 0.3) is 27.5 Å². The summed E-state index contributed by atoms with van der Waals surface area (Å²) >= 11 is 0. The fourth-order valence-electron chi connectivity index (χ4n) is 3.17. The number of aryl methyl sites for hydroxylation is 1. The van der Waals surface area contributed by atoms with Crippen molar-refractivity contribution < 1.29 is 0 Å². The maximum atomic E-state index is 5.59. The molecule has 0 saturated carbocycles. The molecule has 0 aliphatic rings. The first-order valence-electron chi connectivity index (χ1n) is 7.80. The van der Waals surface area contributed by atoms with Crippen molar-refractivity contribution in [2.75, 3.05) is 0 Å². The third-order valence-electron chi connectivity index (χ3n) is 4.39. The van der Waals surface area contributed by atoms with Gasteiger partial charge in [-0.25, -0.2) is 0 Å². The summed E-state index contributed by atoms with van der Waals surface area (Å²) in [5.41, 5.74) is 6.36. The van der Waals surface area contributed by atoms with E-state index >= 15 is 0 Å². The third-order valence-corrected chi connectivity index (χ3v) is 4.39. The molecule has 0 aliphatic heterocycles. The Kier molecular flexibility index (Phi) is 3.16. The summed E-state index contributed by atoms with van der Waals surface area (Å²) in [5.74, 6) is 5.44. The molecule has 0 saturated heterocycles. The molecule has 112 valence electrons. The average Bonchev–Trinajstić information content (AvgIpc) is 2.95. The van der Waals surface area contributed by atoms with Crippen molar-refractivity contribution in [3.8, 4) is 30.4 Å². The second kappa shape index (κ2) is 5.34. The monoisotopic (exact) mass is 305 g/mol. The van der Waals surface area contributed by atoms with E-state index in [1.807, 2.05) is 12.1 Å². The summed E-state index contributed by atoms with van der Waals surface area (Å²) in [4.78, 5) is 0. The van der Waals surface area contributed by atoms with E-state index in [1.54, 1.807) is 0 Å². The molecule has 0 aliphatic carbocycles. The fraction of sp³-hybridized carbons (Fsp3) is 0.0435. The largest absolute Gasteiger partial charge is 0.309 e. The predicted molar refractivity (Wildman–Crippen MR) is 101 cm³/mol. The van der Waals surface area contributed by atoms with Gasteiger partial charge in [0.15, 0.2) is 0 Å². The van der Waals surface area contributed by atoms with E-state index in [4.69, 9.17) is 12.8 Å². The minimum atomic E-state index is 0.872. The molecule has 24 heavy (non-hydrogen) atoms. The molecule has 0 spiro atoms. The standard InChI is InChI=1S/C23H15N/c1-4-17-8-12-22-20(14-17)21-15-18(5-2)9-13-23(21)24(22)19-10-6-16(3)7-11-19/h1-2,6-15H,3H3. The van der Waals surface area contributed by atoms with Crippen molar-refractivity contribution >= 4 is 21.8 Å². The van der Waals surface area contributed by atoms with E-state index in [2.05, 4.69) is 71.9 Å². The molecule has 1 aromatic heterocycles. The van der Waals surface area contributed by atoms with Gasteiger partial charge in [0.1, 0.15) is 0 Å². The normalized spacial score (nSPS) is 10.6. The van der Waals surface area contributed by atoms with Crippen LogP contribution in [0.5, 0.6) is 0 Å². The van der Waals surface area contributed by atoms with Crippen molar-refractivity contribution in [1.29, 1.82) is 0 Å². The summed E-state index contributed by atoms with van der Waals surface area (Å²) in [6.07, 6.45) is 11.2. The van der Waals surface area contributed by atoms with Crippen LogP contribution >= 0.6 is 0 Å². The van der Waals surface area contributed by atoms with E-state index < -0.39 is 0 Å². The van der Waals surface area contributed by atoms with Gasteiger partial charge in [0, 0.05) is 27.6 Å². The maximum absolute atomic E-state index is 5.59. The Morgan fingerprint density at radius 2 is 1.21 bits per heavy atom. The zero-order chi connectivity index (χ0) is 16.7. The highest BCUT2D eigenvalue weighted by Crippen LogP contribution is 2.33. The van der Waals surface area contributed by atoms with Gasteiger partial charge in [-0.3, -0.25) is 0 Å². The molecule has 0 amide bonds. The molecule has 0 N–H and O–H groups in total. The number of hydrogen-bond donors (Lipinski definition) is 0. The van der Waals surface area contributed by atoms with Crippen molar-refractivity contribution in [2.45, 2.75) is 6.92 Å². The van der Waals surface area contributed by atoms with Crippen molar-refractivity contribution in [3.63, 3.8) is 0 Å². The fourth-order valence-corrected chi connectivity index (χ4v) is 3.17. The van der Waals surface area contributed by atoms with Crippen LogP contribution in [0, 0.1) is 31.6 Å². The molecule has 1 nitrogen and oxygen atoms in total. The van der Waals surface area contributed by atoms with Crippen LogP contribution in [0.2, 0.25) is 0 Å². The highest BCUT2D eigenvalue weighted by Gasteiger charge is 2.12. The van der Waals surface area contributed by atoms with E-state index in [0.717, 1.165) is 38.6 Å². The Morgan fingerprint density at radius 3 is 1.67 bits per heavy atom. The van der Waals surface area contributed by atoms with Gasteiger partial charge in [-0.05, 0) is 55.5 Å². The van der Waals surface area contributed by atoms with Crippen LogP contribution in [-0.2, 0) is 0 Å². The summed E-state index contributed by atoms with van der Waals surface area (Å²) in [6, 6.07) is 20.8. The Morgan fingerprint density at radius 1 is 0.708 bits per heavy atom. The van der Waals surface area contributed by atoms with Gasteiger partial charge >= 0.3 is 0 Å². The number of fused-ring (bicyclic) bond motifs is 3. The molecule has 1 heteroatoms. The molecule has 0 radical (unpaired) electrons. The number of rotatable bonds is 1. The number of aromatic nitrogens is 1. The van der Waals surface area contributed by atoms with Gasteiger partial charge in [-0.2, -0.15) is 0 Å². The molecule has 4 aromatic rings. The highest BCUT2D eigenvalue weighted by molar-refractivity contribution is 6.10. The number of hydrogen-bond acceptors (Lipinski definition) is 0. The van der Waals surface area contributed by atoms with Crippen LogP contribution in [0.3, 0.4) is 0 Å². The summed E-state index contributed by atoms with van der Waals surface area (Å²) < 4.78 is 2.25. The topological polar surface area (TPSA) is 4.93 Å². The smallest absolute Gasteiger partial charge is 0.0541 e. The minimum absolute atomic E-state index is 0.872. The summed E-state index contributed by atoms with van der Waals surface area (Å²) in [7, 11) is 0. The predicted octanol–water partition coefficient (Wildman–Crippen LogP) is 5.05. The van der Waals surface area contributed by atoms with E-state index in [0.29, 0.717) is 0 Å². The molecule has 1 heterocycles. The SMILES string of the molecule is C#Cc1ccc2c(c1)c1cc(C#C)ccc1n2-c1ccc(C)cc1. The number of benzene rings is 3. The second-order valence-electron chi connectivity index (χ2n) is 5.92. The molecule has 0 atom stereocenters. The van der Waals surface area contributed by atoms with Crippen LogP contribution < -0.4 is 0 Å². The van der Waals surface area contributed by atoms with Gasteiger partial charge < -0.3 is 4.57 Å². The molecular weight excluding hydrogens is 290 g/mol. The quantitative estimate of drug-likeness (QED) is 0.433. The molecule has 3 aromatic carbocycles. The van der Waals surface area contributed by atoms with E-state index in [9.17, 15) is 0 Å². The Hall–Kier alpha value is -3.42. The van der Waals surface area contributed by atoms with Crippen LogP contribution in [-0.4, -0.2) is 4.57 Å². The van der Waals surface area contributed by atoms with Gasteiger partial charge in [0.2, 0.25) is 0 Å². The van der Waals surface area contributed by atoms with Gasteiger partial charge in [0.05, 0.1) is 11.0 Å². The summed E-state index contributed by atoms with van der Waals surface area (Å²) in [6.45, 7) is 2.09. The van der Waals surface area contributed by atoms with Crippen molar-refractivity contribution in [1.82, 2.24) is 4.57 Å². The summed E-state index contributed by atoms with van der Waals surface area (Å²) in [5, 5.41) is 2.25. The average molecular weight is 305 g/mol. The lowest BCUT2D eigenvalue weighted by molar-refractivity contribution is 1.17. The van der Waals surface area contributed by atoms with Gasteiger partial charge in [-0.1, -0.05) is 29.5 Å². The lowest BCUT2D eigenvalue weighted by Crippen LogP contribution is -1.93. The molecule has 4 rings (SSSR count). The number of terminal acetylenes is 2. The first-order valence-corrected chi connectivity index (χ1v) is 7.80. The Bertz CT molecular complexity index is 1090. The van der Waals surface area contributed by atoms with E-state index in [1.165, 1.54) is 5.56 Å². The first kappa shape index (κ1) is 14.2. The molecule has 0 unspecified atom stereocenters. The van der Waals surface area contributed by atoms with Crippen LogP contribution in [0.15, 0.2) is 60.7 Å². The maximum Gasteiger partial charge on any atom is 0.0541 e. The third kappa shape index (κ3) is 2.08. The highest BCUT2D eigenvalue weighted by atomic mass is 15.0. The second-order valence-corrected chi connectivity index (χ2v) is 5.92. The van der Waals surface area contributed by atoms with Crippen molar-refractivity contribution in [2.24, 2.45) is 0 Å². The zero-order valence-corrected chi connectivity index (χ0v) is 13.4. The van der Waals surface area contributed by atoms with Crippen molar-refractivity contribution in [3.05, 3.63) is 77.4 Å².